The second-order valence-corrected chi connectivity index (χ2v) is 7.21. The number of hydrogen-bond donors (Lipinski definition) is 3. The molecule has 3 atom stereocenters. The summed E-state index contributed by atoms with van der Waals surface area (Å²) in [6, 6.07) is 13.4. The van der Waals surface area contributed by atoms with Crippen molar-refractivity contribution in [2.75, 3.05) is 7.11 Å². The van der Waals surface area contributed by atoms with Crippen molar-refractivity contribution in [3.63, 3.8) is 0 Å². The summed E-state index contributed by atoms with van der Waals surface area (Å²) in [6.07, 6.45) is -2.06. The number of esters is 1. The average Bonchev–Trinajstić information content (AvgIpc) is 2.76. The van der Waals surface area contributed by atoms with E-state index in [-0.39, 0.29) is 13.0 Å². The van der Waals surface area contributed by atoms with Gasteiger partial charge in [-0.3, -0.25) is 4.79 Å². The maximum absolute atomic E-state index is 12.7. The highest BCUT2D eigenvalue weighted by atomic mass is 35.5. The summed E-state index contributed by atoms with van der Waals surface area (Å²) < 4.78 is 9.86. The van der Waals surface area contributed by atoms with Gasteiger partial charge >= 0.3 is 12.1 Å². The molecule has 0 unspecified atom stereocenters. The summed E-state index contributed by atoms with van der Waals surface area (Å²) in [4.78, 5) is 37.0. The Morgan fingerprint density at radius 2 is 1.68 bits per heavy atom. The molecule has 0 aliphatic carbocycles. The molecular formula is C22H25ClN2O6. The number of methoxy groups -OCH3 is 1. The fourth-order valence-electron chi connectivity index (χ4n) is 2.78. The van der Waals surface area contributed by atoms with Crippen molar-refractivity contribution in [1.82, 2.24) is 10.6 Å². The van der Waals surface area contributed by atoms with E-state index in [2.05, 4.69) is 10.6 Å². The summed E-state index contributed by atoms with van der Waals surface area (Å²) in [5, 5.41) is 15.2. The van der Waals surface area contributed by atoms with E-state index in [0.29, 0.717) is 10.6 Å². The number of carbonyl (C=O) groups is 3. The molecule has 0 saturated carbocycles. The molecule has 2 aromatic rings. The highest BCUT2D eigenvalue weighted by molar-refractivity contribution is 6.31. The predicted molar refractivity (Wildman–Crippen MR) is 114 cm³/mol. The molecule has 3 N–H and O–H groups in total. The van der Waals surface area contributed by atoms with Crippen molar-refractivity contribution < 1.29 is 29.0 Å². The zero-order valence-electron chi connectivity index (χ0n) is 17.2. The number of aliphatic hydroxyl groups is 1. The first-order valence-corrected chi connectivity index (χ1v) is 9.96. The summed E-state index contributed by atoms with van der Waals surface area (Å²) in [5.74, 6) is -1.46. The van der Waals surface area contributed by atoms with Gasteiger partial charge < -0.3 is 25.2 Å². The molecule has 0 fully saturated rings. The van der Waals surface area contributed by atoms with Gasteiger partial charge in [0.2, 0.25) is 5.91 Å². The first kappa shape index (κ1) is 24.2. The molecule has 0 bridgehead atoms. The van der Waals surface area contributed by atoms with Gasteiger partial charge in [-0.1, -0.05) is 60.1 Å². The Bertz CT molecular complexity index is 891. The quantitative estimate of drug-likeness (QED) is 0.507. The average molecular weight is 449 g/mol. The SMILES string of the molecule is COC(=O)[C@H](Cc1ccccc1Cl)NC(=O)[C@@H](NC(=O)OCc1ccccc1)[C@@H](C)O. The fourth-order valence-corrected chi connectivity index (χ4v) is 2.99. The van der Waals surface area contributed by atoms with Gasteiger partial charge in [0.25, 0.3) is 0 Å². The Kier molecular flexibility index (Phi) is 9.30. The van der Waals surface area contributed by atoms with E-state index >= 15 is 0 Å². The lowest BCUT2D eigenvalue weighted by atomic mass is 10.0. The van der Waals surface area contributed by atoms with Crippen LogP contribution in [-0.2, 0) is 32.1 Å². The van der Waals surface area contributed by atoms with Crippen molar-refractivity contribution >= 4 is 29.6 Å². The first-order chi connectivity index (χ1) is 14.8. The van der Waals surface area contributed by atoms with Crippen LogP contribution in [0.1, 0.15) is 18.1 Å². The van der Waals surface area contributed by atoms with Crippen LogP contribution >= 0.6 is 11.6 Å². The lowest BCUT2D eigenvalue weighted by Crippen LogP contribution is -2.56. The van der Waals surface area contributed by atoms with Crippen molar-refractivity contribution in [1.29, 1.82) is 0 Å². The molecular weight excluding hydrogens is 424 g/mol. The minimum absolute atomic E-state index is 0.00187. The van der Waals surface area contributed by atoms with Gasteiger partial charge in [0.15, 0.2) is 0 Å². The van der Waals surface area contributed by atoms with Crippen molar-refractivity contribution in [3.8, 4) is 0 Å². The number of ether oxygens (including phenoxy) is 2. The standard InChI is InChI=1S/C22H25ClN2O6/c1-14(26)19(25-22(29)31-13-15-8-4-3-5-9-15)20(27)24-18(21(28)30-2)12-16-10-6-7-11-17(16)23/h3-11,14,18-19,26H,12-13H2,1-2H3,(H,24,27)(H,25,29)/t14-,18+,19+/m1/s1. The fraction of sp³-hybridized carbons (Fsp3) is 0.318. The third-order valence-corrected chi connectivity index (χ3v) is 4.80. The Morgan fingerprint density at radius 3 is 2.29 bits per heavy atom. The molecule has 166 valence electrons. The smallest absolute Gasteiger partial charge is 0.408 e. The number of benzene rings is 2. The molecule has 0 saturated heterocycles. The Hall–Kier alpha value is -3.10. The number of aliphatic hydroxyl groups excluding tert-OH is 1. The van der Waals surface area contributed by atoms with E-state index in [1.165, 1.54) is 14.0 Å². The number of halogens is 1. The van der Waals surface area contributed by atoms with Crippen LogP contribution in [0.3, 0.4) is 0 Å². The van der Waals surface area contributed by atoms with Crippen molar-refractivity contribution in [2.45, 2.75) is 38.1 Å². The number of nitrogens with one attached hydrogen (secondary N) is 2. The lowest BCUT2D eigenvalue weighted by Gasteiger charge is -2.24. The van der Waals surface area contributed by atoms with E-state index < -0.39 is 36.2 Å². The van der Waals surface area contributed by atoms with Gasteiger partial charge in [0.1, 0.15) is 18.7 Å². The summed E-state index contributed by atoms with van der Waals surface area (Å²) in [5.41, 5.74) is 1.39. The third-order valence-electron chi connectivity index (χ3n) is 4.44. The van der Waals surface area contributed by atoms with Crippen LogP contribution in [0.25, 0.3) is 0 Å². The van der Waals surface area contributed by atoms with Crippen LogP contribution < -0.4 is 10.6 Å². The highest BCUT2D eigenvalue weighted by Crippen LogP contribution is 2.17. The largest absolute Gasteiger partial charge is 0.467 e. The van der Waals surface area contributed by atoms with Crippen molar-refractivity contribution in [3.05, 3.63) is 70.7 Å². The lowest BCUT2D eigenvalue weighted by molar-refractivity contribution is -0.145. The molecule has 0 heterocycles. The third kappa shape index (κ3) is 7.58. The summed E-state index contributed by atoms with van der Waals surface area (Å²) in [7, 11) is 1.19. The number of rotatable bonds is 9. The molecule has 31 heavy (non-hydrogen) atoms. The summed E-state index contributed by atoms with van der Waals surface area (Å²) >= 11 is 6.14. The molecule has 0 spiro atoms. The maximum Gasteiger partial charge on any atom is 0.408 e. The molecule has 2 amide bonds. The minimum atomic E-state index is -1.35. The zero-order valence-corrected chi connectivity index (χ0v) is 18.0. The monoisotopic (exact) mass is 448 g/mol. The number of amides is 2. The molecule has 0 aliphatic heterocycles. The summed E-state index contributed by atoms with van der Waals surface area (Å²) in [6.45, 7) is 1.33. The Labute approximate surface area is 185 Å². The molecule has 2 aromatic carbocycles. The minimum Gasteiger partial charge on any atom is -0.467 e. The second-order valence-electron chi connectivity index (χ2n) is 6.80. The number of hydrogen-bond acceptors (Lipinski definition) is 6. The first-order valence-electron chi connectivity index (χ1n) is 9.58. The van der Waals surface area contributed by atoms with Gasteiger partial charge in [0.05, 0.1) is 13.2 Å². The number of alkyl carbamates (subject to hydrolysis) is 1. The van der Waals surface area contributed by atoms with Gasteiger partial charge in [-0.05, 0) is 24.1 Å². The van der Waals surface area contributed by atoms with Gasteiger partial charge in [-0.15, -0.1) is 0 Å². The van der Waals surface area contributed by atoms with Gasteiger partial charge in [0, 0.05) is 11.4 Å². The number of carbonyl (C=O) groups excluding carboxylic acids is 3. The highest BCUT2D eigenvalue weighted by Gasteiger charge is 2.31. The molecule has 8 nitrogen and oxygen atoms in total. The van der Waals surface area contributed by atoms with E-state index in [1.54, 1.807) is 48.5 Å². The topological polar surface area (TPSA) is 114 Å². The van der Waals surface area contributed by atoms with Gasteiger partial charge in [-0.2, -0.15) is 0 Å². The van der Waals surface area contributed by atoms with E-state index in [4.69, 9.17) is 21.1 Å². The van der Waals surface area contributed by atoms with Gasteiger partial charge in [-0.25, -0.2) is 9.59 Å². The van der Waals surface area contributed by atoms with E-state index in [9.17, 15) is 19.5 Å². The van der Waals surface area contributed by atoms with E-state index in [1.807, 2.05) is 6.07 Å². The Balaban J connectivity index is 2.03. The predicted octanol–water partition coefficient (Wildman–Crippen LogP) is 2.22. The van der Waals surface area contributed by atoms with E-state index in [0.717, 1.165) is 5.56 Å². The van der Waals surface area contributed by atoms with Crippen LogP contribution in [0, 0.1) is 0 Å². The molecule has 0 aliphatic rings. The Morgan fingerprint density at radius 1 is 1.03 bits per heavy atom. The zero-order chi connectivity index (χ0) is 22.8. The maximum atomic E-state index is 12.7. The van der Waals surface area contributed by atoms with Crippen LogP contribution in [0.15, 0.2) is 54.6 Å². The molecule has 2 rings (SSSR count). The van der Waals surface area contributed by atoms with Crippen LogP contribution in [0.2, 0.25) is 5.02 Å². The van der Waals surface area contributed by atoms with Crippen molar-refractivity contribution in [2.24, 2.45) is 0 Å². The van der Waals surface area contributed by atoms with Crippen LogP contribution in [-0.4, -0.2) is 48.4 Å². The normalized spacial score (nSPS) is 13.4. The van der Waals surface area contributed by atoms with Crippen LogP contribution in [0.5, 0.6) is 0 Å². The second kappa shape index (κ2) is 11.9. The van der Waals surface area contributed by atoms with Crippen LogP contribution in [0.4, 0.5) is 4.79 Å². The molecule has 9 heteroatoms. The molecule has 0 aromatic heterocycles. The molecule has 0 radical (unpaired) electrons.